The van der Waals surface area contributed by atoms with E-state index in [1.54, 1.807) is 6.08 Å². The molecule has 0 aliphatic carbocycles. The van der Waals surface area contributed by atoms with Crippen molar-refractivity contribution < 1.29 is 4.79 Å². The molecule has 0 spiro atoms. The Labute approximate surface area is 92.3 Å². The topological polar surface area (TPSA) is 41.1 Å². The van der Waals surface area contributed by atoms with Gasteiger partial charge in [-0.3, -0.25) is 4.79 Å². The van der Waals surface area contributed by atoms with Gasteiger partial charge in [0, 0.05) is 13.1 Å². The second kappa shape index (κ2) is 5.91. The summed E-state index contributed by atoms with van der Waals surface area (Å²) < 4.78 is 0. The Hall–Kier alpha value is -0.830. The van der Waals surface area contributed by atoms with E-state index in [1.165, 1.54) is 0 Å². The van der Waals surface area contributed by atoms with Crippen molar-refractivity contribution in [1.29, 1.82) is 0 Å². The molecule has 1 saturated heterocycles. The van der Waals surface area contributed by atoms with Crippen molar-refractivity contribution >= 4 is 5.91 Å². The lowest BCUT2D eigenvalue weighted by molar-refractivity contribution is -0.132. The quantitative estimate of drug-likeness (QED) is 0.674. The van der Waals surface area contributed by atoms with Crippen LogP contribution in [0.5, 0.6) is 0 Å². The van der Waals surface area contributed by atoms with E-state index in [1.807, 2.05) is 0 Å². The number of carbonyl (C=O) groups is 1. The summed E-state index contributed by atoms with van der Waals surface area (Å²) in [6, 6.07) is 0. The Bertz CT molecular complexity index is 214. The molecule has 1 fully saturated rings. The molecule has 1 aliphatic heterocycles. The number of piperidine rings is 1. The molecule has 1 unspecified atom stereocenters. The maximum Gasteiger partial charge on any atom is 0.227 e. The van der Waals surface area contributed by atoms with E-state index >= 15 is 0 Å². The van der Waals surface area contributed by atoms with Crippen LogP contribution in [0.4, 0.5) is 0 Å². The van der Waals surface area contributed by atoms with Gasteiger partial charge in [-0.25, -0.2) is 0 Å². The first-order chi connectivity index (χ1) is 7.25. The van der Waals surface area contributed by atoms with Crippen molar-refractivity contribution in [3.05, 3.63) is 12.7 Å². The Morgan fingerprint density at radius 1 is 1.67 bits per heavy atom. The third-order valence-corrected chi connectivity index (χ3v) is 3.09. The summed E-state index contributed by atoms with van der Waals surface area (Å²) in [6.07, 6.45) is 5.87. The molecule has 2 N–H and O–H groups in total. The molecule has 3 nitrogen and oxygen atoms in total. The zero-order valence-electron chi connectivity index (χ0n) is 9.64. The molecule has 0 aromatic carbocycles. The Kier molecular flexibility index (Phi) is 4.82. The number of carbonyl (C=O) groups excluding carboxylic acids is 1. The average molecular weight is 210 g/mol. The molecule has 0 saturated carbocycles. The fourth-order valence-corrected chi connectivity index (χ4v) is 2.32. The van der Waals surface area contributed by atoms with Gasteiger partial charge in [0.1, 0.15) is 0 Å². The third kappa shape index (κ3) is 3.06. The molecule has 0 radical (unpaired) electrons. The van der Waals surface area contributed by atoms with Crippen molar-refractivity contribution in [2.45, 2.75) is 32.6 Å². The monoisotopic (exact) mass is 210 g/mol. The van der Waals surface area contributed by atoms with Gasteiger partial charge < -0.3 is 10.6 Å². The maximum absolute atomic E-state index is 12.1. The van der Waals surface area contributed by atoms with Gasteiger partial charge in [-0.1, -0.05) is 19.4 Å². The lowest BCUT2D eigenvalue weighted by Crippen LogP contribution is -2.50. The molecule has 1 aliphatic rings. The van der Waals surface area contributed by atoms with Crippen LogP contribution in [0, 0.1) is 5.41 Å². The van der Waals surface area contributed by atoms with E-state index in [0.29, 0.717) is 6.54 Å². The van der Waals surface area contributed by atoms with Gasteiger partial charge in [0.05, 0.1) is 5.41 Å². The van der Waals surface area contributed by atoms with Crippen LogP contribution >= 0.6 is 0 Å². The Balaban J connectivity index is 2.61. The van der Waals surface area contributed by atoms with Crippen LogP contribution in [0.3, 0.4) is 0 Å². The lowest BCUT2D eigenvalue weighted by atomic mass is 9.76. The van der Waals surface area contributed by atoms with Crippen molar-refractivity contribution in [3.8, 4) is 0 Å². The maximum atomic E-state index is 12.1. The van der Waals surface area contributed by atoms with Crippen molar-refractivity contribution in [3.63, 3.8) is 0 Å². The zero-order valence-corrected chi connectivity index (χ0v) is 9.64. The molecule has 0 aromatic rings. The number of rotatable bonds is 5. The molecule has 3 heteroatoms. The molecular formula is C12H22N2O. The molecule has 1 rings (SSSR count). The molecule has 86 valence electrons. The molecule has 1 amide bonds. The summed E-state index contributed by atoms with van der Waals surface area (Å²) in [5.74, 6) is 0.191. The highest BCUT2D eigenvalue weighted by Crippen LogP contribution is 2.31. The van der Waals surface area contributed by atoms with E-state index < -0.39 is 0 Å². The van der Waals surface area contributed by atoms with E-state index in [-0.39, 0.29) is 11.3 Å². The number of hydrogen-bond acceptors (Lipinski definition) is 2. The smallest absolute Gasteiger partial charge is 0.227 e. The highest BCUT2D eigenvalue weighted by molar-refractivity contribution is 5.83. The lowest BCUT2D eigenvalue weighted by Gasteiger charge is -2.36. The minimum atomic E-state index is -0.171. The second-order valence-electron chi connectivity index (χ2n) is 4.31. The summed E-state index contributed by atoms with van der Waals surface area (Å²) in [4.78, 5) is 12.1. The zero-order chi connectivity index (χ0) is 11.1. The highest BCUT2D eigenvalue weighted by Gasteiger charge is 2.38. The summed E-state index contributed by atoms with van der Waals surface area (Å²) >= 11 is 0. The normalized spacial score (nSPS) is 25.9. The number of nitrogens with one attached hydrogen (secondary N) is 2. The van der Waals surface area contributed by atoms with Crippen LogP contribution < -0.4 is 10.6 Å². The summed E-state index contributed by atoms with van der Waals surface area (Å²) in [5, 5.41) is 6.26. The first kappa shape index (κ1) is 12.2. The largest absolute Gasteiger partial charge is 0.352 e. The van der Waals surface area contributed by atoms with Crippen molar-refractivity contribution in [2.24, 2.45) is 5.41 Å². The Morgan fingerprint density at radius 3 is 3.00 bits per heavy atom. The molecule has 0 aromatic heterocycles. The van der Waals surface area contributed by atoms with Crippen LogP contribution in [-0.2, 0) is 4.79 Å². The predicted molar refractivity (Wildman–Crippen MR) is 62.7 cm³/mol. The first-order valence-electron chi connectivity index (χ1n) is 5.85. The summed E-state index contributed by atoms with van der Waals surface area (Å²) in [5.41, 5.74) is -0.171. The minimum Gasteiger partial charge on any atom is -0.352 e. The average Bonchev–Trinajstić information content (AvgIpc) is 2.27. The van der Waals surface area contributed by atoms with Crippen LogP contribution in [-0.4, -0.2) is 25.5 Å². The van der Waals surface area contributed by atoms with Crippen molar-refractivity contribution in [1.82, 2.24) is 10.6 Å². The van der Waals surface area contributed by atoms with Gasteiger partial charge in [-0.15, -0.1) is 6.58 Å². The highest BCUT2D eigenvalue weighted by atomic mass is 16.2. The standard InChI is InChI=1S/C12H22N2O/c1-3-6-12(7-5-9-13-10-12)11(15)14-8-4-2/h4,13H,2-3,5-10H2,1H3,(H,14,15). The minimum absolute atomic E-state index is 0.171. The van der Waals surface area contributed by atoms with Gasteiger partial charge in [0.2, 0.25) is 5.91 Å². The van der Waals surface area contributed by atoms with Gasteiger partial charge in [-0.05, 0) is 25.8 Å². The summed E-state index contributed by atoms with van der Waals surface area (Å²) in [7, 11) is 0. The number of hydrogen-bond donors (Lipinski definition) is 2. The van der Waals surface area contributed by atoms with Crippen LogP contribution in [0.15, 0.2) is 12.7 Å². The van der Waals surface area contributed by atoms with Crippen LogP contribution in [0.1, 0.15) is 32.6 Å². The van der Waals surface area contributed by atoms with Gasteiger partial charge in [0.25, 0.3) is 0 Å². The van der Waals surface area contributed by atoms with Crippen LogP contribution in [0.25, 0.3) is 0 Å². The van der Waals surface area contributed by atoms with E-state index in [0.717, 1.165) is 38.8 Å². The molecule has 1 heterocycles. The number of amides is 1. The Morgan fingerprint density at radius 2 is 2.47 bits per heavy atom. The molecular weight excluding hydrogens is 188 g/mol. The van der Waals surface area contributed by atoms with E-state index in [4.69, 9.17) is 0 Å². The van der Waals surface area contributed by atoms with Crippen molar-refractivity contribution in [2.75, 3.05) is 19.6 Å². The second-order valence-corrected chi connectivity index (χ2v) is 4.31. The van der Waals surface area contributed by atoms with Gasteiger partial charge in [-0.2, -0.15) is 0 Å². The molecule has 1 atom stereocenters. The van der Waals surface area contributed by atoms with Gasteiger partial charge in [0.15, 0.2) is 0 Å². The molecule has 15 heavy (non-hydrogen) atoms. The predicted octanol–water partition coefficient (Wildman–Crippen LogP) is 1.46. The third-order valence-electron chi connectivity index (χ3n) is 3.09. The van der Waals surface area contributed by atoms with Gasteiger partial charge >= 0.3 is 0 Å². The molecule has 0 bridgehead atoms. The SMILES string of the molecule is C=CCNC(=O)C1(CCC)CCCNC1. The first-order valence-corrected chi connectivity index (χ1v) is 5.85. The summed E-state index contributed by atoms with van der Waals surface area (Å²) in [6.45, 7) is 8.19. The van der Waals surface area contributed by atoms with E-state index in [2.05, 4.69) is 24.1 Å². The van der Waals surface area contributed by atoms with Crippen LogP contribution in [0.2, 0.25) is 0 Å². The van der Waals surface area contributed by atoms with E-state index in [9.17, 15) is 4.79 Å². The fourth-order valence-electron chi connectivity index (χ4n) is 2.32. The fraction of sp³-hybridized carbons (Fsp3) is 0.750.